The minimum Gasteiger partial charge on any atom is -0.346 e. The molecule has 4 aromatic rings. The Balaban J connectivity index is 2.02. The standard InChI is InChI=1S/C15H11FN4/c1-9-7-20-8-10(5-13(16)15(20)19-9)12-6-18-14-11(12)3-2-4-17-14/h2-8H,1H3,(H,17,18). The van der Waals surface area contributed by atoms with Gasteiger partial charge in [0.2, 0.25) is 0 Å². The van der Waals surface area contributed by atoms with Crippen LogP contribution in [0.3, 0.4) is 0 Å². The molecule has 0 aliphatic carbocycles. The Hall–Kier alpha value is -2.69. The van der Waals surface area contributed by atoms with Gasteiger partial charge in [0.25, 0.3) is 0 Å². The summed E-state index contributed by atoms with van der Waals surface area (Å²) in [7, 11) is 0. The Morgan fingerprint density at radius 2 is 2.20 bits per heavy atom. The van der Waals surface area contributed by atoms with Crippen molar-refractivity contribution in [2.75, 3.05) is 0 Å². The van der Waals surface area contributed by atoms with Crippen LogP contribution in [0.15, 0.2) is 43.0 Å². The topological polar surface area (TPSA) is 46.0 Å². The fourth-order valence-electron chi connectivity index (χ4n) is 2.52. The van der Waals surface area contributed by atoms with Gasteiger partial charge in [-0.05, 0) is 25.1 Å². The zero-order valence-electron chi connectivity index (χ0n) is 10.8. The lowest BCUT2D eigenvalue weighted by Crippen LogP contribution is -1.90. The molecular formula is C15H11FN4. The van der Waals surface area contributed by atoms with Gasteiger partial charge < -0.3 is 9.38 Å². The fraction of sp³-hybridized carbons (Fsp3) is 0.0667. The average molecular weight is 266 g/mol. The summed E-state index contributed by atoms with van der Waals surface area (Å²) in [6.45, 7) is 1.85. The van der Waals surface area contributed by atoms with Crippen LogP contribution < -0.4 is 0 Å². The van der Waals surface area contributed by atoms with E-state index in [1.54, 1.807) is 10.6 Å². The molecule has 0 aliphatic heterocycles. The van der Waals surface area contributed by atoms with Crippen molar-refractivity contribution in [2.24, 2.45) is 0 Å². The molecule has 20 heavy (non-hydrogen) atoms. The largest absolute Gasteiger partial charge is 0.346 e. The Morgan fingerprint density at radius 3 is 3.10 bits per heavy atom. The summed E-state index contributed by atoms with van der Waals surface area (Å²) in [5, 5.41) is 0.975. The van der Waals surface area contributed by atoms with Crippen LogP contribution >= 0.6 is 0 Å². The number of nitrogens with zero attached hydrogens (tertiary/aromatic N) is 3. The van der Waals surface area contributed by atoms with Gasteiger partial charge in [0.05, 0.1) is 5.69 Å². The maximum Gasteiger partial charge on any atom is 0.173 e. The Kier molecular flexibility index (Phi) is 2.18. The quantitative estimate of drug-likeness (QED) is 0.574. The molecule has 4 rings (SSSR count). The number of pyridine rings is 2. The Morgan fingerprint density at radius 1 is 1.30 bits per heavy atom. The second-order valence-corrected chi connectivity index (χ2v) is 4.79. The fourth-order valence-corrected chi connectivity index (χ4v) is 2.52. The van der Waals surface area contributed by atoms with Crippen LogP contribution in [0.25, 0.3) is 27.8 Å². The van der Waals surface area contributed by atoms with Gasteiger partial charge in [-0.1, -0.05) is 0 Å². The predicted octanol–water partition coefficient (Wildman–Crippen LogP) is 3.33. The minimum absolute atomic E-state index is 0.325. The summed E-state index contributed by atoms with van der Waals surface area (Å²) in [6, 6.07) is 5.35. The monoisotopic (exact) mass is 266 g/mol. The molecule has 0 radical (unpaired) electrons. The zero-order valence-corrected chi connectivity index (χ0v) is 10.8. The van der Waals surface area contributed by atoms with Crippen LogP contribution in [-0.4, -0.2) is 19.4 Å². The highest BCUT2D eigenvalue weighted by Gasteiger charge is 2.11. The van der Waals surface area contributed by atoms with Crippen molar-refractivity contribution >= 4 is 16.7 Å². The van der Waals surface area contributed by atoms with E-state index in [0.29, 0.717) is 5.65 Å². The molecule has 0 fully saturated rings. The lowest BCUT2D eigenvalue weighted by molar-refractivity contribution is 0.630. The van der Waals surface area contributed by atoms with Crippen molar-refractivity contribution in [3.63, 3.8) is 0 Å². The third-order valence-electron chi connectivity index (χ3n) is 3.39. The second kappa shape index (κ2) is 3.90. The summed E-state index contributed by atoms with van der Waals surface area (Å²) in [5.74, 6) is -0.325. The van der Waals surface area contributed by atoms with Crippen LogP contribution in [-0.2, 0) is 0 Å². The van der Waals surface area contributed by atoms with Crippen molar-refractivity contribution in [1.29, 1.82) is 0 Å². The van der Waals surface area contributed by atoms with Crippen LogP contribution in [0.4, 0.5) is 4.39 Å². The first-order valence-electron chi connectivity index (χ1n) is 6.30. The molecule has 0 saturated heterocycles. The van der Waals surface area contributed by atoms with E-state index in [2.05, 4.69) is 15.0 Å². The van der Waals surface area contributed by atoms with Crippen LogP contribution in [0, 0.1) is 12.7 Å². The molecule has 4 aromatic heterocycles. The SMILES string of the molecule is Cc1cn2cc(-c3c[nH]c4ncccc34)cc(F)c2n1. The number of nitrogens with one attached hydrogen (secondary N) is 1. The molecule has 98 valence electrons. The van der Waals surface area contributed by atoms with Gasteiger partial charge in [-0.25, -0.2) is 14.4 Å². The lowest BCUT2D eigenvalue weighted by atomic mass is 10.1. The number of hydrogen-bond acceptors (Lipinski definition) is 2. The first-order chi connectivity index (χ1) is 9.72. The first kappa shape index (κ1) is 11.2. The number of aromatic amines is 1. The zero-order chi connectivity index (χ0) is 13.7. The van der Waals surface area contributed by atoms with Gasteiger partial charge in [0, 0.05) is 41.3 Å². The number of aromatic nitrogens is 4. The van der Waals surface area contributed by atoms with Crippen LogP contribution in [0.1, 0.15) is 5.69 Å². The molecule has 0 aliphatic rings. The normalized spacial score (nSPS) is 11.5. The van der Waals surface area contributed by atoms with Gasteiger partial charge in [0.15, 0.2) is 11.5 Å². The lowest BCUT2D eigenvalue weighted by Gasteiger charge is -2.02. The molecule has 0 amide bonds. The van der Waals surface area contributed by atoms with Crippen molar-refractivity contribution < 1.29 is 4.39 Å². The van der Waals surface area contributed by atoms with E-state index in [0.717, 1.165) is 27.9 Å². The van der Waals surface area contributed by atoms with Crippen molar-refractivity contribution in [1.82, 2.24) is 19.4 Å². The Labute approximate surface area is 113 Å². The van der Waals surface area contributed by atoms with E-state index in [-0.39, 0.29) is 5.82 Å². The molecule has 5 heteroatoms. The molecule has 0 unspecified atom stereocenters. The molecule has 0 saturated carbocycles. The summed E-state index contributed by atoms with van der Waals surface area (Å²) in [5.41, 5.74) is 3.67. The highest BCUT2D eigenvalue weighted by molar-refractivity contribution is 5.93. The van der Waals surface area contributed by atoms with Gasteiger partial charge in [0.1, 0.15) is 5.65 Å². The van der Waals surface area contributed by atoms with E-state index in [4.69, 9.17) is 0 Å². The average Bonchev–Trinajstić information content (AvgIpc) is 3.01. The van der Waals surface area contributed by atoms with Gasteiger partial charge in [-0.15, -0.1) is 0 Å². The number of rotatable bonds is 1. The van der Waals surface area contributed by atoms with Gasteiger partial charge >= 0.3 is 0 Å². The van der Waals surface area contributed by atoms with E-state index < -0.39 is 0 Å². The molecule has 1 N–H and O–H groups in total. The number of aryl methyl sites for hydroxylation is 1. The smallest absolute Gasteiger partial charge is 0.173 e. The number of fused-ring (bicyclic) bond motifs is 2. The molecule has 0 atom stereocenters. The van der Waals surface area contributed by atoms with Crippen LogP contribution in [0.5, 0.6) is 0 Å². The van der Waals surface area contributed by atoms with Crippen LogP contribution in [0.2, 0.25) is 0 Å². The number of H-pyrrole nitrogens is 1. The maximum atomic E-state index is 14.1. The number of halogens is 1. The number of imidazole rings is 1. The van der Waals surface area contributed by atoms with Gasteiger partial charge in [-0.3, -0.25) is 0 Å². The highest BCUT2D eigenvalue weighted by Crippen LogP contribution is 2.28. The summed E-state index contributed by atoms with van der Waals surface area (Å²) in [4.78, 5) is 11.5. The summed E-state index contributed by atoms with van der Waals surface area (Å²) in [6.07, 6.45) is 7.27. The Bertz CT molecular complexity index is 936. The molecule has 4 nitrogen and oxygen atoms in total. The first-order valence-corrected chi connectivity index (χ1v) is 6.30. The van der Waals surface area contributed by atoms with Gasteiger partial charge in [-0.2, -0.15) is 0 Å². The third-order valence-corrected chi connectivity index (χ3v) is 3.39. The molecule has 0 aromatic carbocycles. The molecule has 0 spiro atoms. The molecule has 0 bridgehead atoms. The third kappa shape index (κ3) is 1.53. The van der Waals surface area contributed by atoms with Crippen molar-refractivity contribution in [2.45, 2.75) is 6.92 Å². The number of hydrogen-bond donors (Lipinski definition) is 1. The predicted molar refractivity (Wildman–Crippen MR) is 75.0 cm³/mol. The second-order valence-electron chi connectivity index (χ2n) is 4.79. The minimum atomic E-state index is -0.325. The van der Waals surface area contributed by atoms with E-state index in [1.165, 1.54) is 6.07 Å². The highest BCUT2D eigenvalue weighted by atomic mass is 19.1. The van der Waals surface area contributed by atoms with E-state index in [9.17, 15) is 4.39 Å². The van der Waals surface area contributed by atoms with E-state index in [1.807, 2.05) is 37.6 Å². The maximum absolute atomic E-state index is 14.1. The summed E-state index contributed by atoms with van der Waals surface area (Å²) >= 11 is 0. The van der Waals surface area contributed by atoms with Crippen molar-refractivity contribution in [3.05, 3.63) is 54.5 Å². The molecule has 4 heterocycles. The summed E-state index contributed by atoms with van der Waals surface area (Å²) < 4.78 is 15.9. The van der Waals surface area contributed by atoms with Crippen molar-refractivity contribution in [3.8, 4) is 11.1 Å². The van der Waals surface area contributed by atoms with E-state index >= 15 is 0 Å². The molecular weight excluding hydrogens is 255 g/mol.